The first-order chi connectivity index (χ1) is 11.5. The highest BCUT2D eigenvalue weighted by molar-refractivity contribution is 7.20. The van der Waals surface area contributed by atoms with E-state index in [1.807, 2.05) is 6.92 Å². The van der Waals surface area contributed by atoms with Crippen LogP contribution in [-0.2, 0) is 11.2 Å². The van der Waals surface area contributed by atoms with Gasteiger partial charge in [-0.15, -0.1) is 11.3 Å². The molecular formula is C16H14ClN3O3S. The summed E-state index contributed by atoms with van der Waals surface area (Å²) in [5, 5.41) is 12.1. The van der Waals surface area contributed by atoms with Crippen LogP contribution in [0.25, 0.3) is 0 Å². The molecule has 0 radical (unpaired) electrons. The van der Waals surface area contributed by atoms with E-state index in [2.05, 4.69) is 4.99 Å². The van der Waals surface area contributed by atoms with Crippen molar-refractivity contribution in [2.24, 2.45) is 4.99 Å². The fourth-order valence-corrected chi connectivity index (χ4v) is 4.27. The smallest absolute Gasteiger partial charge is 0.278 e. The van der Waals surface area contributed by atoms with E-state index in [9.17, 15) is 14.9 Å². The molecule has 8 heteroatoms. The number of thiophene rings is 1. The van der Waals surface area contributed by atoms with Crippen molar-refractivity contribution < 1.29 is 9.72 Å². The molecule has 1 amide bonds. The number of nitrogens with zero attached hydrogens (tertiary/aromatic N) is 3. The number of amides is 1. The molecule has 124 valence electrons. The molecule has 24 heavy (non-hydrogen) atoms. The minimum absolute atomic E-state index is 0.0384. The van der Waals surface area contributed by atoms with E-state index in [-0.39, 0.29) is 18.1 Å². The lowest BCUT2D eigenvalue weighted by Gasteiger charge is -2.14. The Balaban J connectivity index is 2.32. The van der Waals surface area contributed by atoms with Gasteiger partial charge in [0.15, 0.2) is 0 Å². The maximum Gasteiger partial charge on any atom is 0.278 e. The number of halogens is 1. The molecule has 1 aliphatic heterocycles. The number of carbonyl (C=O) groups is 1. The van der Waals surface area contributed by atoms with Crippen molar-refractivity contribution in [3.8, 4) is 0 Å². The van der Waals surface area contributed by atoms with Crippen molar-refractivity contribution in [1.82, 2.24) is 0 Å². The minimum atomic E-state index is -0.437. The van der Waals surface area contributed by atoms with Crippen molar-refractivity contribution >= 4 is 45.2 Å². The number of fused-ring (bicyclic) bond motifs is 1. The lowest BCUT2D eigenvalue weighted by atomic mass is 9.98. The summed E-state index contributed by atoms with van der Waals surface area (Å²) >= 11 is 7.65. The van der Waals surface area contributed by atoms with Crippen LogP contribution < -0.4 is 4.90 Å². The molecule has 0 fully saturated rings. The Morgan fingerprint density at radius 1 is 1.42 bits per heavy atom. The van der Waals surface area contributed by atoms with Crippen LogP contribution in [0.4, 0.5) is 10.7 Å². The second-order valence-corrected chi connectivity index (χ2v) is 6.88. The van der Waals surface area contributed by atoms with E-state index in [0.717, 1.165) is 11.1 Å². The van der Waals surface area contributed by atoms with Gasteiger partial charge >= 0.3 is 0 Å². The highest BCUT2D eigenvalue weighted by Crippen LogP contribution is 2.42. The topological polar surface area (TPSA) is 75.8 Å². The summed E-state index contributed by atoms with van der Waals surface area (Å²) in [6.07, 6.45) is 0.645. The standard InChI is InChI=1S/C16H14ClN3O3S/c1-3-9-13-14(10-6-4-5-7-11(10)20(22)23)18-8-12(21)19(2)16(13)24-15(9)17/h4-7H,3,8H2,1-2H3. The third-order valence-electron chi connectivity index (χ3n) is 3.94. The Morgan fingerprint density at radius 2 is 2.12 bits per heavy atom. The minimum Gasteiger partial charge on any atom is -0.305 e. The van der Waals surface area contributed by atoms with Crippen molar-refractivity contribution in [2.45, 2.75) is 13.3 Å². The van der Waals surface area contributed by atoms with Crippen LogP contribution in [0.3, 0.4) is 0 Å². The summed E-state index contributed by atoms with van der Waals surface area (Å²) in [5.74, 6) is -0.176. The number of carbonyl (C=O) groups excluding carboxylic acids is 1. The normalized spacial score (nSPS) is 14.2. The van der Waals surface area contributed by atoms with Gasteiger partial charge in [-0.05, 0) is 18.1 Å². The molecule has 0 atom stereocenters. The summed E-state index contributed by atoms with van der Waals surface area (Å²) in [4.78, 5) is 29.1. The highest BCUT2D eigenvalue weighted by Gasteiger charge is 2.31. The maximum atomic E-state index is 12.2. The molecule has 3 rings (SSSR count). The van der Waals surface area contributed by atoms with E-state index in [0.29, 0.717) is 27.0 Å². The van der Waals surface area contributed by atoms with Gasteiger partial charge in [-0.2, -0.15) is 0 Å². The monoisotopic (exact) mass is 363 g/mol. The molecule has 0 bridgehead atoms. The first kappa shape index (κ1) is 16.6. The van der Waals surface area contributed by atoms with E-state index >= 15 is 0 Å². The van der Waals surface area contributed by atoms with Gasteiger partial charge in [0.25, 0.3) is 5.69 Å². The average Bonchev–Trinajstić information content (AvgIpc) is 2.85. The average molecular weight is 364 g/mol. The van der Waals surface area contributed by atoms with E-state index in [1.54, 1.807) is 25.2 Å². The lowest BCUT2D eigenvalue weighted by Crippen LogP contribution is -2.26. The first-order valence-electron chi connectivity index (χ1n) is 7.32. The van der Waals surface area contributed by atoms with Crippen LogP contribution in [0.2, 0.25) is 4.34 Å². The van der Waals surface area contributed by atoms with Gasteiger partial charge in [-0.1, -0.05) is 30.7 Å². The van der Waals surface area contributed by atoms with Gasteiger partial charge < -0.3 is 4.90 Å². The fourth-order valence-electron chi connectivity index (χ4n) is 2.72. The number of benzene rings is 1. The largest absolute Gasteiger partial charge is 0.305 e. The van der Waals surface area contributed by atoms with Crippen molar-refractivity contribution in [2.75, 3.05) is 18.5 Å². The predicted molar refractivity (Wildman–Crippen MR) is 95.7 cm³/mol. The summed E-state index contributed by atoms with van der Waals surface area (Å²) in [5.41, 5.74) is 2.39. The summed E-state index contributed by atoms with van der Waals surface area (Å²) in [6.45, 7) is 1.90. The molecule has 6 nitrogen and oxygen atoms in total. The van der Waals surface area contributed by atoms with E-state index in [4.69, 9.17) is 11.6 Å². The Morgan fingerprint density at radius 3 is 2.79 bits per heavy atom. The first-order valence-corrected chi connectivity index (χ1v) is 8.51. The number of nitro benzene ring substituents is 1. The Hall–Kier alpha value is -2.25. The Kier molecular flexibility index (Phi) is 4.38. The van der Waals surface area contributed by atoms with Crippen LogP contribution in [-0.4, -0.2) is 30.1 Å². The number of hydrogen-bond acceptors (Lipinski definition) is 5. The third kappa shape index (κ3) is 2.59. The number of nitro groups is 1. The molecule has 0 N–H and O–H groups in total. The van der Waals surface area contributed by atoms with Gasteiger partial charge in [-0.25, -0.2) is 0 Å². The van der Waals surface area contributed by atoms with Gasteiger partial charge in [0.1, 0.15) is 11.5 Å². The predicted octanol–water partition coefficient (Wildman–Crippen LogP) is 3.69. The molecule has 1 aliphatic rings. The van der Waals surface area contributed by atoms with Gasteiger partial charge in [0, 0.05) is 18.7 Å². The Labute approximate surface area is 147 Å². The van der Waals surface area contributed by atoms with Crippen LogP contribution >= 0.6 is 22.9 Å². The SMILES string of the molecule is CCc1c(Cl)sc2c1C(c1ccccc1[N+](=O)[O-])=NCC(=O)N2C. The zero-order chi connectivity index (χ0) is 17.4. The quantitative estimate of drug-likeness (QED) is 0.616. The zero-order valence-corrected chi connectivity index (χ0v) is 14.6. The second kappa shape index (κ2) is 6.33. The van der Waals surface area contributed by atoms with Gasteiger partial charge in [0.05, 0.1) is 20.5 Å². The lowest BCUT2D eigenvalue weighted by molar-refractivity contribution is -0.385. The number of hydrogen-bond donors (Lipinski definition) is 0. The summed E-state index contributed by atoms with van der Waals surface area (Å²) in [6, 6.07) is 6.42. The second-order valence-electron chi connectivity index (χ2n) is 5.28. The molecule has 1 aromatic carbocycles. The molecule has 2 heterocycles. The molecule has 0 spiro atoms. The molecular weight excluding hydrogens is 350 g/mol. The molecule has 0 saturated carbocycles. The fraction of sp³-hybridized carbons (Fsp3) is 0.250. The van der Waals surface area contributed by atoms with Gasteiger partial charge in [0.2, 0.25) is 5.91 Å². The number of anilines is 1. The number of para-hydroxylation sites is 1. The van der Waals surface area contributed by atoms with Crippen LogP contribution in [0.1, 0.15) is 23.6 Å². The van der Waals surface area contributed by atoms with Gasteiger partial charge in [-0.3, -0.25) is 19.9 Å². The molecule has 1 aromatic heterocycles. The number of likely N-dealkylation sites (N-methyl/N-ethyl adjacent to an activating group) is 1. The number of rotatable bonds is 3. The summed E-state index contributed by atoms with van der Waals surface area (Å²) < 4.78 is 0.579. The molecule has 2 aromatic rings. The van der Waals surface area contributed by atoms with Crippen molar-refractivity contribution in [1.29, 1.82) is 0 Å². The molecule has 0 aliphatic carbocycles. The maximum absolute atomic E-state index is 12.2. The molecule has 0 unspecified atom stereocenters. The third-order valence-corrected chi connectivity index (χ3v) is 5.49. The van der Waals surface area contributed by atoms with Crippen LogP contribution in [0.5, 0.6) is 0 Å². The van der Waals surface area contributed by atoms with E-state index < -0.39 is 4.92 Å². The molecule has 0 saturated heterocycles. The van der Waals surface area contributed by atoms with Crippen LogP contribution in [0.15, 0.2) is 29.3 Å². The number of aliphatic imine (C=N–C) groups is 1. The van der Waals surface area contributed by atoms with Crippen molar-refractivity contribution in [3.63, 3.8) is 0 Å². The summed E-state index contributed by atoms with van der Waals surface area (Å²) in [7, 11) is 1.67. The zero-order valence-electron chi connectivity index (χ0n) is 13.1. The van der Waals surface area contributed by atoms with Crippen molar-refractivity contribution in [3.05, 3.63) is 55.4 Å². The Bertz CT molecular complexity index is 875. The van der Waals surface area contributed by atoms with Crippen LogP contribution in [0, 0.1) is 10.1 Å². The highest BCUT2D eigenvalue weighted by atomic mass is 35.5. The van der Waals surface area contributed by atoms with E-state index in [1.165, 1.54) is 22.3 Å².